The minimum Gasteiger partial charge on any atom is -0.316 e. The number of halogens is 2. The standard InChI is InChI=1S/C19H20Cl2N2OS/c1-2-3-4-5-6-13-10-14-18(12-7-8-15(20)16(21)9-12)22-11-17(24)23-19(14)25-13/h7-10H,2-6,11H2,1H3,(H,23,24). The third kappa shape index (κ3) is 4.43. The summed E-state index contributed by atoms with van der Waals surface area (Å²) in [7, 11) is 0. The van der Waals surface area contributed by atoms with E-state index in [0.29, 0.717) is 10.0 Å². The van der Waals surface area contributed by atoms with Crippen LogP contribution >= 0.6 is 34.5 Å². The predicted molar refractivity (Wildman–Crippen MR) is 108 cm³/mol. The molecule has 2 heterocycles. The SMILES string of the molecule is CCCCCCc1cc2c(s1)NC(=O)CN=C2c1ccc(Cl)c(Cl)c1. The Bertz CT molecular complexity index is 814. The Hall–Kier alpha value is -1.36. The van der Waals surface area contributed by atoms with E-state index in [9.17, 15) is 4.79 Å². The number of carbonyl (C=O) groups excluding carboxylic acids is 1. The summed E-state index contributed by atoms with van der Waals surface area (Å²) in [5, 5.41) is 4.85. The summed E-state index contributed by atoms with van der Waals surface area (Å²) in [6.07, 6.45) is 5.92. The molecule has 0 saturated carbocycles. The average Bonchev–Trinajstić information content (AvgIpc) is 2.90. The number of nitrogens with one attached hydrogen (secondary N) is 1. The molecule has 0 unspecified atom stereocenters. The normalized spacial score (nSPS) is 13.9. The van der Waals surface area contributed by atoms with E-state index < -0.39 is 0 Å². The number of fused-ring (bicyclic) bond motifs is 1. The number of hydrogen-bond donors (Lipinski definition) is 1. The topological polar surface area (TPSA) is 41.5 Å². The summed E-state index contributed by atoms with van der Waals surface area (Å²) in [6, 6.07) is 7.62. The minimum absolute atomic E-state index is 0.0873. The summed E-state index contributed by atoms with van der Waals surface area (Å²) < 4.78 is 0. The number of rotatable bonds is 6. The quantitative estimate of drug-likeness (QED) is 0.602. The van der Waals surface area contributed by atoms with Gasteiger partial charge in [-0.1, -0.05) is 55.5 Å². The van der Waals surface area contributed by atoms with Gasteiger partial charge in [0, 0.05) is 16.0 Å². The molecule has 6 heteroatoms. The molecule has 0 aliphatic carbocycles. The molecule has 1 aliphatic rings. The van der Waals surface area contributed by atoms with Crippen molar-refractivity contribution in [2.75, 3.05) is 11.9 Å². The van der Waals surface area contributed by atoms with E-state index in [1.54, 1.807) is 23.5 Å². The largest absolute Gasteiger partial charge is 0.316 e. The highest BCUT2D eigenvalue weighted by molar-refractivity contribution is 7.16. The van der Waals surface area contributed by atoms with Crippen LogP contribution in [0.15, 0.2) is 29.3 Å². The van der Waals surface area contributed by atoms with Crippen molar-refractivity contribution >= 4 is 51.2 Å². The Labute approximate surface area is 162 Å². The van der Waals surface area contributed by atoms with E-state index in [2.05, 4.69) is 23.3 Å². The zero-order chi connectivity index (χ0) is 17.8. The lowest BCUT2D eigenvalue weighted by molar-refractivity contribution is -0.114. The molecule has 1 aromatic heterocycles. The van der Waals surface area contributed by atoms with Crippen molar-refractivity contribution in [1.82, 2.24) is 0 Å². The molecular weight excluding hydrogens is 375 g/mol. The maximum atomic E-state index is 12.0. The van der Waals surface area contributed by atoms with E-state index in [1.165, 1.54) is 30.6 Å². The van der Waals surface area contributed by atoms with Crippen LogP contribution in [0.1, 0.15) is 48.6 Å². The smallest absolute Gasteiger partial charge is 0.246 e. The Kier molecular flexibility index (Phi) is 6.15. The fourth-order valence-electron chi connectivity index (χ4n) is 2.85. The van der Waals surface area contributed by atoms with Crippen LogP contribution in [0, 0.1) is 0 Å². The Morgan fingerprint density at radius 1 is 1.16 bits per heavy atom. The van der Waals surface area contributed by atoms with Gasteiger partial charge in [0.05, 0.1) is 15.8 Å². The number of benzene rings is 1. The second-order valence-corrected chi connectivity index (χ2v) is 8.06. The highest BCUT2D eigenvalue weighted by Gasteiger charge is 2.21. The number of aliphatic imine (C=N–C) groups is 1. The monoisotopic (exact) mass is 394 g/mol. The van der Waals surface area contributed by atoms with E-state index in [1.807, 2.05) is 6.07 Å². The molecule has 3 rings (SSSR count). The minimum atomic E-state index is -0.0873. The lowest BCUT2D eigenvalue weighted by Gasteiger charge is -2.06. The molecule has 0 spiro atoms. The molecular formula is C19H20Cl2N2OS. The predicted octanol–water partition coefficient (Wildman–Crippen LogP) is 5.97. The van der Waals surface area contributed by atoms with Crippen molar-refractivity contribution in [3.05, 3.63) is 50.3 Å². The van der Waals surface area contributed by atoms with E-state index in [0.717, 1.165) is 28.3 Å². The first-order valence-electron chi connectivity index (χ1n) is 8.51. The van der Waals surface area contributed by atoms with Crippen LogP contribution in [-0.4, -0.2) is 18.2 Å². The lowest BCUT2D eigenvalue weighted by Crippen LogP contribution is -2.12. The first-order valence-corrected chi connectivity index (χ1v) is 10.1. The molecule has 0 atom stereocenters. The molecule has 0 radical (unpaired) electrons. The summed E-state index contributed by atoms with van der Waals surface area (Å²) in [4.78, 5) is 17.8. The maximum Gasteiger partial charge on any atom is 0.246 e. The van der Waals surface area contributed by atoms with Crippen LogP contribution in [0.2, 0.25) is 10.0 Å². The number of carbonyl (C=O) groups is 1. The van der Waals surface area contributed by atoms with Crippen LogP contribution in [-0.2, 0) is 11.2 Å². The zero-order valence-corrected chi connectivity index (χ0v) is 16.4. The van der Waals surface area contributed by atoms with Gasteiger partial charge in [0.2, 0.25) is 5.91 Å². The molecule has 1 amide bonds. The summed E-state index contributed by atoms with van der Waals surface area (Å²) in [6.45, 7) is 2.33. The Morgan fingerprint density at radius 3 is 2.76 bits per heavy atom. The van der Waals surface area contributed by atoms with Gasteiger partial charge in [0.25, 0.3) is 0 Å². The maximum absolute atomic E-state index is 12.0. The summed E-state index contributed by atoms with van der Waals surface area (Å²) in [5.41, 5.74) is 2.64. The van der Waals surface area contributed by atoms with Gasteiger partial charge >= 0.3 is 0 Å². The van der Waals surface area contributed by atoms with Crippen molar-refractivity contribution in [2.24, 2.45) is 4.99 Å². The van der Waals surface area contributed by atoms with E-state index in [4.69, 9.17) is 23.2 Å². The highest BCUT2D eigenvalue weighted by Crippen LogP contribution is 2.34. The van der Waals surface area contributed by atoms with Crippen molar-refractivity contribution in [2.45, 2.75) is 39.0 Å². The molecule has 1 aliphatic heterocycles. The first-order chi connectivity index (χ1) is 12.1. The van der Waals surface area contributed by atoms with Crippen LogP contribution in [0.5, 0.6) is 0 Å². The van der Waals surface area contributed by atoms with Gasteiger partial charge < -0.3 is 5.32 Å². The zero-order valence-electron chi connectivity index (χ0n) is 14.1. The van der Waals surface area contributed by atoms with Gasteiger partial charge in [0.1, 0.15) is 11.5 Å². The molecule has 1 aromatic carbocycles. The van der Waals surface area contributed by atoms with Gasteiger partial charge in [-0.25, -0.2) is 0 Å². The number of thiophene rings is 1. The van der Waals surface area contributed by atoms with Crippen LogP contribution < -0.4 is 5.32 Å². The molecule has 25 heavy (non-hydrogen) atoms. The third-order valence-corrected chi connectivity index (χ3v) is 5.99. The van der Waals surface area contributed by atoms with Crippen molar-refractivity contribution < 1.29 is 4.79 Å². The van der Waals surface area contributed by atoms with Gasteiger partial charge in [-0.05, 0) is 31.0 Å². The number of nitrogens with zero attached hydrogens (tertiary/aromatic N) is 1. The fourth-order valence-corrected chi connectivity index (χ4v) is 4.27. The van der Waals surface area contributed by atoms with Gasteiger partial charge in [-0.2, -0.15) is 0 Å². The van der Waals surface area contributed by atoms with E-state index in [-0.39, 0.29) is 12.5 Å². The molecule has 0 fully saturated rings. The molecule has 0 bridgehead atoms. The molecule has 2 aromatic rings. The van der Waals surface area contributed by atoms with Gasteiger partial charge in [-0.3, -0.25) is 9.79 Å². The lowest BCUT2D eigenvalue weighted by atomic mass is 10.0. The summed E-state index contributed by atoms with van der Waals surface area (Å²) in [5.74, 6) is -0.0873. The second kappa shape index (κ2) is 8.35. The van der Waals surface area contributed by atoms with Crippen molar-refractivity contribution in [3.8, 4) is 0 Å². The Morgan fingerprint density at radius 2 is 2.00 bits per heavy atom. The van der Waals surface area contributed by atoms with Crippen LogP contribution in [0.25, 0.3) is 0 Å². The molecule has 132 valence electrons. The molecule has 0 saturated heterocycles. The Balaban J connectivity index is 1.91. The average molecular weight is 395 g/mol. The third-order valence-electron chi connectivity index (χ3n) is 4.14. The number of unbranched alkanes of at least 4 members (excludes halogenated alkanes) is 3. The van der Waals surface area contributed by atoms with Gasteiger partial charge in [0.15, 0.2) is 0 Å². The first kappa shape index (κ1) is 18.4. The van der Waals surface area contributed by atoms with Crippen LogP contribution in [0.3, 0.4) is 0 Å². The van der Waals surface area contributed by atoms with Crippen molar-refractivity contribution in [3.63, 3.8) is 0 Å². The number of aryl methyl sites for hydroxylation is 1. The van der Waals surface area contributed by atoms with E-state index >= 15 is 0 Å². The fraction of sp³-hybridized carbons (Fsp3) is 0.368. The summed E-state index contributed by atoms with van der Waals surface area (Å²) >= 11 is 13.8. The molecule has 3 nitrogen and oxygen atoms in total. The number of anilines is 1. The number of amides is 1. The van der Waals surface area contributed by atoms with Gasteiger partial charge in [-0.15, -0.1) is 11.3 Å². The van der Waals surface area contributed by atoms with Crippen molar-refractivity contribution in [1.29, 1.82) is 0 Å². The number of hydrogen-bond acceptors (Lipinski definition) is 3. The second-order valence-electron chi connectivity index (χ2n) is 6.11. The molecule has 1 N–H and O–H groups in total. The highest BCUT2D eigenvalue weighted by atomic mass is 35.5. The van der Waals surface area contributed by atoms with Crippen LogP contribution in [0.4, 0.5) is 5.00 Å².